The molecule has 0 aromatic carbocycles. The third kappa shape index (κ3) is 1.11. The van der Waals surface area contributed by atoms with E-state index in [4.69, 9.17) is 0 Å². The van der Waals surface area contributed by atoms with Crippen LogP contribution in [0.5, 0.6) is 0 Å². The molecule has 12 heavy (non-hydrogen) atoms. The first kappa shape index (κ1) is 8.01. The Balaban J connectivity index is 2.14. The highest BCUT2D eigenvalue weighted by Crippen LogP contribution is 2.33. The maximum Gasteiger partial charge on any atom is 0.227 e. The van der Waals surface area contributed by atoms with Crippen LogP contribution in [0.2, 0.25) is 0 Å². The number of piperidine rings is 1. The normalized spacial score (nSPS) is 41.8. The van der Waals surface area contributed by atoms with Gasteiger partial charge in [0.05, 0.1) is 11.5 Å². The molecular weight excluding hydrogens is 156 g/mol. The smallest absolute Gasteiger partial charge is 0.227 e. The van der Waals surface area contributed by atoms with Crippen molar-refractivity contribution in [2.24, 2.45) is 5.41 Å². The van der Waals surface area contributed by atoms with Crippen molar-refractivity contribution in [3.63, 3.8) is 0 Å². The van der Waals surface area contributed by atoms with Crippen LogP contribution in [0.3, 0.4) is 0 Å². The Morgan fingerprint density at radius 2 is 2.42 bits per heavy atom. The third-order valence-electron chi connectivity index (χ3n) is 2.85. The van der Waals surface area contributed by atoms with Crippen molar-refractivity contribution < 1.29 is 9.90 Å². The fraction of sp³-hybridized carbons (Fsp3) is 0.875. The molecular formula is C8H14N2O2. The highest BCUT2D eigenvalue weighted by atomic mass is 16.3. The molecule has 0 aliphatic carbocycles. The molecule has 0 aromatic rings. The molecule has 0 saturated carbocycles. The number of β-amino-alcohol motifs (C(OH)–C–C–N with tert-alkyl or cyclic N) is 1. The number of carbonyl (C=O) groups is 1. The molecule has 2 aliphatic heterocycles. The molecule has 0 radical (unpaired) electrons. The number of nitrogens with one attached hydrogen (secondary N) is 2. The Kier molecular flexibility index (Phi) is 1.81. The van der Waals surface area contributed by atoms with E-state index in [0.717, 1.165) is 19.5 Å². The van der Waals surface area contributed by atoms with Gasteiger partial charge in [0, 0.05) is 13.1 Å². The second-order valence-corrected chi connectivity index (χ2v) is 3.78. The Bertz CT molecular complexity index is 199. The number of hydrogen-bond acceptors (Lipinski definition) is 3. The highest BCUT2D eigenvalue weighted by molar-refractivity contribution is 5.84. The number of aliphatic hydroxyl groups excluding tert-OH is 1. The van der Waals surface area contributed by atoms with Crippen LogP contribution in [0.15, 0.2) is 0 Å². The largest absolute Gasteiger partial charge is 0.391 e. The van der Waals surface area contributed by atoms with E-state index in [9.17, 15) is 9.90 Å². The van der Waals surface area contributed by atoms with Gasteiger partial charge in [-0.15, -0.1) is 0 Å². The van der Waals surface area contributed by atoms with Crippen molar-refractivity contribution in [3.05, 3.63) is 0 Å². The van der Waals surface area contributed by atoms with Crippen molar-refractivity contribution in [1.29, 1.82) is 0 Å². The summed E-state index contributed by atoms with van der Waals surface area (Å²) in [7, 11) is 0. The van der Waals surface area contributed by atoms with Crippen molar-refractivity contribution in [2.45, 2.75) is 18.9 Å². The molecule has 0 bridgehead atoms. The lowest BCUT2D eigenvalue weighted by Crippen LogP contribution is -2.52. The Labute approximate surface area is 71.3 Å². The van der Waals surface area contributed by atoms with Gasteiger partial charge in [-0.25, -0.2) is 0 Å². The van der Waals surface area contributed by atoms with E-state index in [1.807, 2.05) is 0 Å². The zero-order valence-electron chi connectivity index (χ0n) is 6.97. The molecule has 2 heterocycles. The molecule has 2 fully saturated rings. The fourth-order valence-corrected chi connectivity index (χ4v) is 2.13. The van der Waals surface area contributed by atoms with Gasteiger partial charge >= 0.3 is 0 Å². The lowest BCUT2D eigenvalue weighted by Gasteiger charge is -2.34. The predicted octanol–water partition coefficient (Wildman–Crippen LogP) is -1.15. The van der Waals surface area contributed by atoms with E-state index >= 15 is 0 Å². The molecule has 1 amide bonds. The van der Waals surface area contributed by atoms with E-state index in [-0.39, 0.29) is 17.4 Å². The summed E-state index contributed by atoms with van der Waals surface area (Å²) >= 11 is 0. The van der Waals surface area contributed by atoms with Gasteiger partial charge in [-0.3, -0.25) is 4.79 Å². The van der Waals surface area contributed by atoms with Gasteiger partial charge in [-0.05, 0) is 19.4 Å². The van der Waals surface area contributed by atoms with E-state index in [1.165, 1.54) is 0 Å². The van der Waals surface area contributed by atoms with Gasteiger partial charge < -0.3 is 15.7 Å². The first-order valence-corrected chi connectivity index (χ1v) is 4.40. The molecule has 1 spiro atoms. The SMILES string of the molecule is O=C1NC[C@@H](O)C[C@]12CCNC2. The predicted molar refractivity (Wildman–Crippen MR) is 43.6 cm³/mol. The zero-order chi connectivity index (χ0) is 8.60. The Hall–Kier alpha value is -0.610. The van der Waals surface area contributed by atoms with Crippen LogP contribution in [0.4, 0.5) is 0 Å². The van der Waals surface area contributed by atoms with Gasteiger partial charge in [0.15, 0.2) is 0 Å². The van der Waals surface area contributed by atoms with E-state index in [0.29, 0.717) is 13.0 Å². The van der Waals surface area contributed by atoms with Crippen LogP contribution in [0.1, 0.15) is 12.8 Å². The number of hydrogen-bond donors (Lipinski definition) is 3. The van der Waals surface area contributed by atoms with Gasteiger partial charge in [-0.1, -0.05) is 0 Å². The molecule has 3 N–H and O–H groups in total. The number of carbonyl (C=O) groups excluding carboxylic acids is 1. The first-order chi connectivity index (χ1) is 5.73. The second kappa shape index (κ2) is 2.71. The standard InChI is InChI=1S/C8H14N2O2/c11-6-3-8(1-2-9-5-8)7(12)10-4-6/h6,9,11H,1-5H2,(H,10,12)/t6-,8-/m0/s1. The summed E-state index contributed by atoms with van der Waals surface area (Å²) in [4.78, 5) is 11.5. The van der Waals surface area contributed by atoms with Gasteiger partial charge in [-0.2, -0.15) is 0 Å². The van der Waals surface area contributed by atoms with Crippen molar-refractivity contribution in [2.75, 3.05) is 19.6 Å². The highest BCUT2D eigenvalue weighted by Gasteiger charge is 2.45. The van der Waals surface area contributed by atoms with Crippen LogP contribution < -0.4 is 10.6 Å². The number of rotatable bonds is 0. The first-order valence-electron chi connectivity index (χ1n) is 4.40. The van der Waals surface area contributed by atoms with Crippen LogP contribution in [0.25, 0.3) is 0 Å². The Morgan fingerprint density at radius 1 is 1.58 bits per heavy atom. The van der Waals surface area contributed by atoms with Crippen molar-refractivity contribution in [1.82, 2.24) is 10.6 Å². The second-order valence-electron chi connectivity index (χ2n) is 3.78. The minimum Gasteiger partial charge on any atom is -0.391 e. The molecule has 2 saturated heterocycles. The maximum atomic E-state index is 11.5. The quantitative estimate of drug-likeness (QED) is 0.430. The summed E-state index contributed by atoms with van der Waals surface area (Å²) in [6.07, 6.45) is 1.12. The van der Waals surface area contributed by atoms with Crippen LogP contribution in [-0.4, -0.2) is 36.8 Å². The summed E-state index contributed by atoms with van der Waals surface area (Å²) in [5.74, 6) is 0.109. The van der Waals surface area contributed by atoms with E-state index < -0.39 is 0 Å². The summed E-state index contributed by atoms with van der Waals surface area (Å²) < 4.78 is 0. The average molecular weight is 170 g/mol. The van der Waals surface area contributed by atoms with E-state index in [2.05, 4.69) is 10.6 Å². The summed E-state index contributed by atoms with van der Waals surface area (Å²) in [5, 5.41) is 15.3. The molecule has 0 aromatic heterocycles. The third-order valence-corrected chi connectivity index (χ3v) is 2.85. The molecule has 2 atom stereocenters. The molecule has 2 rings (SSSR count). The van der Waals surface area contributed by atoms with Crippen molar-refractivity contribution in [3.8, 4) is 0 Å². The lowest BCUT2D eigenvalue weighted by atomic mass is 9.78. The van der Waals surface area contributed by atoms with Gasteiger partial charge in [0.1, 0.15) is 0 Å². The van der Waals surface area contributed by atoms with Crippen LogP contribution >= 0.6 is 0 Å². The Morgan fingerprint density at radius 3 is 3.08 bits per heavy atom. The monoisotopic (exact) mass is 170 g/mol. The summed E-state index contributed by atoms with van der Waals surface area (Å²) in [5.41, 5.74) is -0.308. The van der Waals surface area contributed by atoms with Crippen LogP contribution in [-0.2, 0) is 4.79 Å². The maximum absolute atomic E-state index is 11.5. The number of amides is 1. The average Bonchev–Trinajstić information content (AvgIpc) is 2.48. The molecule has 4 heteroatoms. The molecule has 68 valence electrons. The summed E-state index contributed by atoms with van der Waals surface area (Å²) in [6.45, 7) is 2.02. The fourth-order valence-electron chi connectivity index (χ4n) is 2.13. The molecule has 2 aliphatic rings. The lowest BCUT2D eigenvalue weighted by molar-refractivity contribution is -0.135. The zero-order valence-corrected chi connectivity index (χ0v) is 6.97. The molecule has 0 unspecified atom stereocenters. The topological polar surface area (TPSA) is 61.4 Å². The van der Waals surface area contributed by atoms with Crippen molar-refractivity contribution >= 4 is 5.91 Å². The summed E-state index contributed by atoms with van der Waals surface area (Å²) in [6, 6.07) is 0. The van der Waals surface area contributed by atoms with Crippen LogP contribution in [0, 0.1) is 5.41 Å². The number of aliphatic hydroxyl groups is 1. The molecule has 4 nitrogen and oxygen atoms in total. The van der Waals surface area contributed by atoms with E-state index in [1.54, 1.807) is 0 Å². The van der Waals surface area contributed by atoms with Gasteiger partial charge in [0.2, 0.25) is 5.91 Å². The van der Waals surface area contributed by atoms with Gasteiger partial charge in [0.25, 0.3) is 0 Å². The minimum absolute atomic E-state index is 0.109. The minimum atomic E-state index is -0.359.